The summed E-state index contributed by atoms with van der Waals surface area (Å²) in [6.45, 7) is 2.24. The van der Waals surface area contributed by atoms with Gasteiger partial charge in [0.15, 0.2) is 6.10 Å². The Kier molecular flexibility index (Phi) is 4.95. The lowest BCUT2D eigenvalue weighted by atomic mass is 10.1. The van der Waals surface area contributed by atoms with Gasteiger partial charge in [0.1, 0.15) is 0 Å². The van der Waals surface area contributed by atoms with Crippen molar-refractivity contribution in [2.24, 2.45) is 0 Å². The van der Waals surface area contributed by atoms with E-state index in [-0.39, 0.29) is 6.04 Å². The van der Waals surface area contributed by atoms with Gasteiger partial charge in [-0.25, -0.2) is 0 Å². The second kappa shape index (κ2) is 6.25. The third-order valence-corrected chi connectivity index (χ3v) is 2.17. The lowest BCUT2D eigenvalue weighted by Crippen LogP contribution is -2.38. The maximum atomic E-state index is 11.6. The van der Waals surface area contributed by atoms with Crippen molar-refractivity contribution in [3.05, 3.63) is 35.9 Å². The highest BCUT2D eigenvalue weighted by molar-refractivity contribution is 5.82. The normalized spacial score (nSPS) is 14.2. The molecule has 0 heterocycles. The van der Waals surface area contributed by atoms with Crippen molar-refractivity contribution in [3.8, 4) is 0 Å². The van der Waals surface area contributed by atoms with Crippen LogP contribution in [0.2, 0.25) is 0 Å². The minimum absolute atomic E-state index is 0.115. The molecule has 2 N–H and O–H groups in total. The van der Waals surface area contributed by atoms with Crippen LogP contribution in [0.4, 0.5) is 0 Å². The van der Waals surface area contributed by atoms with Crippen LogP contribution in [0.25, 0.3) is 0 Å². The predicted molar refractivity (Wildman–Crippen MR) is 60.9 cm³/mol. The van der Waals surface area contributed by atoms with Gasteiger partial charge in [0.05, 0.1) is 6.61 Å². The van der Waals surface area contributed by atoms with Crippen molar-refractivity contribution in [2.75, 3.05) is 13.7 Å². The second-order valence-electron chi connectivity index (χ2n) is 3.68. The molecular formula is C12H17NO3. The van der Waals surface area contributed by atoms with Crippen LogP contribution in [0.3, 0.4) is 0 Å². The van der Waals surface area contributed by atoms with Gasteiger partial charge in [-0.3, -0.25) is 4.79 Å². The van der Waals surface area contributed by atoms with Crippen LogP contribution in [0, 0.1) is 0 Å². The first kappa shape index (κ1) is 12.7. The molecule has 0 fully saturated rings. The van der Waals surface area contributed by atoms with E-state index in [4.69, 9.17) is 4.74 Å². The average molecular weight is 223 g/mol. The van der Waals surface area contributed by atoms with Gasteiger partial charge in [0.2, 0.25) is 0 Å². The number of amides is 1. The van der Waals surface area contributed by atoms with Gasteiger partial charge in [0, 0.05) is 13.2 Å². The Bertz CT molecular complexity index is 326. The monoisotopic (exact) mass is 223 g/mol. The van der Waals surface area contributed by atoms with Gasteiger partial charge in [-0.05, 0) is 12.5 Å². The first-order valence-electron chi connectivity index (χ1n) is 5.17. The molecule has 0 aliphatic heterocycles. The molecule has 0 saturated carbocycles. The number of aliphatic hydroxyl groups excluding tert-OH is 1. The molecule has 2 atom stereocenters. The Balaban J connectivity index is 2.55. The number of carbonyl (C=O) groups is 1. The third-order valence-electron chi connectivity index (χ3n) is 2.17. The van der Waals surface area contributed by atoms with Gasteiger partial charge < -0.3 is 15.2 Å². The summed E-state index contributed by atoms with van der Waals surface area (Å²) in [5.74, 6) is -0.407. The summed E-state index contributed by atoms with van der Waals surface area (Å²) >= 11 is 0. The molecule has 4 heteroatoms. The molecule has 16 heavy (non-hydrogen) atoms. The minimum Gasteiger partial charge on any atom is -0.383 e. The molecular weight excluding hydrogens is 206 g/mol. The summed E-state index contributed by atoms with van der Waals surface area (Å²) in [6.07, 6.45) is -1.12. The Labute approximate surface area is 95.2 Å². The highest BCUT2D eigenvalue weighted by Crippen LogP contribution is 2.11. The number of hydrogen-bond donors (Lipinski definition) is 2. The van der Waals surface area contributed by atoms with E-state index in [1.807, 2.05) is 13.0 Å². The van der Waals surface area contributed by atoms with Crippen molar-refractivity contribution in [2.45, 2.75) is 19.1 Å². The Morgan fingerprint density at radius 2 is 2.06 bits per heavy atom. The van der Waals surface area contributed by atoms with E-state index in [0.29, 0.717) is 12.2 Å². The van der Waals surface area contributed by atoms with E-state index in [2.05, 4.69) is 5.32 Å². The fraction of sp³-hybridized carbons (Fsp3) is 0.417. The fourth-order valence-corrected chi connectivity index (χ4v) is 1.40. The van der Waals surface area contributed by atoms with Gasteiger partial charge in [-0.1, -0.05) is 30.3 Å². The lowest BCUT2D eigenvalue weighted by Gasteiger charge is -2.16. The molecule has 0 bridgehead atoms. The van der Waals surface area contributed by atoms with Gasteiger partial charge in [-0.15, -0.1) is 0 Å². The molecule has 0 aromatic heterocycles. The Morgan fingerprint density at radius 1 is 1.44 bits per heavy atom. The van der Waals surface area contributed by atoms with Gasteiger partial charge >= 0.3 is 0 Å². The Hall–Kier alpha value is -1.39. The quantitative estimate of drug-likeness (QED) is 0.778. The summed E-state index contributed by atoms with van der Waals surface area (Å²) in [5, 5.41) is 12.4. The summed E-state index contributed by atoms with van der Waals surface area (Å²) in [6, 6.07) is 8.71. The third kappa shape index (κ3) is 3.64. The SMILES string of the molecule is COCC(C)NC(=O)C(O)c1ccccc1. The zero-order valence-electron chi connectivity index (χ0n) is 9.51. The highest BCUT2D eigenvalue weighted by atomic mass is 16.5. The molecule has 1 aromatic carbocycles. The first-order chi connectivity index (χ1) is 7.65. The van der Waals surface area contributed by atoms with E-state index in [9.17, 15) is 9.90 Å². The summed E-state index contributed by atoms with van der Waals surface area (Å²) in [4.78, 5) is 11.6. The second-order valence-corrected chi connectivity index (χ2v) is 3.68. The van der Waals surface area contributed by atoms with Gasteiger partial charge in [-0.2, -0.15) is 0 Å². The van der Waals surface area contributed by atoms with Crippen LogP contribution in [-0.4, -0.2) is 30.8 Å². The van der Waals surface area contributed by atoms with Crippen LogP contribution in [0.5, 0.6) is 0 Å². The topological polar surface area (TPSA) is 58.6 Å². The largest absolute Gasteiger partial charge is 0.383 e. The van der Waals surface area contributed by atoms with Crippen LogP contribution in [-0.2, 0) is 9.53 Å². The average Bonchev–Trinajstić information content (AvgIpc) is 2.29. The number of ether oxygens (including phenoxy) is 1. The molecule has 1 amide bonds. The Morgan fingerprint density at radius 3 is 2.62 bits per heavy atom. The van der Waals surface area contributed by atoms with Crippen molar-refractivity contribution >= 4 is 5.91 Å². The van der Waals surface area contributed by atoms with Crippen LogP contribution in [0.15, 0.2) is 30.3 Å². The predicted octanol–water partition coefficient (Wildman–Crippen LogP) is 0.871. The van der Waals surface area contributed by atoms with Gasteiger partial charge in [0.25, 0.3) is 5.91 Å². The zero-order valence-corrected chi connectivity index (χ0v) is 9.51. The van der Waals surface area contributed by atoms with Crippen molar-refractivity contribution in [1.29, 1.82) is 0 Å². The van der Waals surface area contributed by atoms with Crippen LogP contribution < -0.4 is 5.32 Å². The maximum absolute atomic E-state index is 11.6. The zero-order chi connectivity index (χ0) is 12.0. The van der Waals surface area contributed by atoms with E-state index in [1.54, 1.807) is 31.4 Å². The highest BCUT2D eigenvalue weighted by Gasteiger charge is 2.18. The van der Waals surface area contributed by atoms with E-state index in [1.165, 1.54) is 0 Å². The number of nitrogens with one attached hydrogen (secondary N) is 1. The van der Waals surface area contributed by atoms with Crippen molar-refractivity contribution in [1.82, 2.24) is 5.32 Å². The van der Waals surface area contributed by atoms with Crippen LogP contribution >= 0.6 is 0 Å². The van der Waals surface area contributed by atoms with Crippen molar-refractivity contribution < 1.29 is 14.6 Å². The first-order valence-corrected chi connectivity index (χ1v) is 5.17. The number of benzene rings is 1. The molecule has 1 aromatic rings. The molecule has 88 valence electrons. The number of aliphatic hydroxyl groups is 1. The number of carbonyl (C=O) groups excluding carboxylic acids is 1. The number of hydrogen-bond acceptors (Lipinski definition) is 3. The molecule has 0 radical (unpaired) electrons. The van der Waals surface area contributed by atoms with E-state index < -0.39 is 12.0 Å². The molecule has 4 nitrogen and oxygen atoms in total. The standard InChI is InChI=1S/C12H17NO3/c1-9(8-16-2)13-12(15)11(14)10-6-4-3-5-7-10/h3-7,9,11,14H,8H2,1-2H3,(H,13,15). The molecule has 2 unspecified atom stereocenters. The summed E-state index contributed by atoms with van der Waals surface area (Å²) < 4.78 is 4.89. The number of rotatable bonds is 5. The maximum Gasteiger partial charge on any atom is 0.253 e. The summed E-state index contributed by atoms with van der Waals surface area (Å²) in [7, 11) is 1.57. The smallest absolute Gasteiger partial charge is 0.253 e. The van der Waals surface area contributed by atoms with Crippen molar-refractivity contribution in [3.63, 3.8) is 0 Å². The molecule has 0 spiro atoms. The lowest BCUT2D eigenvalue weighted by molar-refractivity contribution is -0.130. The number of methoxy groups -OCH3 is 1. The fourth-order valence-electron chi connectivity index (χ4n) is 1.40. The molecule has 0 aliphatic carbocycles. The minimum atomic E-state index is -1.12. The van der Waals surface area contributed by atoms with E-state index >= 15 is 0 Å². The molecule has 0 saturated heterocycles. The molecule has 1 rings (SSSR count). The summed E-state index contributed by atoms with van der Waals surface area (Å²) in [5.41, 5.74) is 0.588. The van der Waals surface area contributed by atoms with E-state index in [0.717, 1.165) is 0 Å². The molecule has 0 aliphatic rings. The van der Waals surface area contributed by atoms with Crippen LogP contribution in [0.1, 0.15) is 18.6 Å².